The number of carbonyl (C=O) groups excluding carboxylic acids is 1. The molecule has 0 aliphatic carbocycles. The first kappa shape index (κ1) is 17.1. The average molecular weight is 374 g/mol. The van der Waals surface area contributed by atoms with Crippen LogP contribution in [0.15, 0.2) is 47.8 Å². The van der Waals surface area contributed by atoms with Crippen LogP contribution in [0, 0.1) is 17.0 Å². The van der Waals surface area contributed by atoms with E-state index < -0.39 is 10.8 Å². The second kappa shape index (κ2) is 7.00. The fourth-order valence-electron chi connectivity index (χ4n) is 2.25. The second-order valence-corrected chi connectivity index (χ2v) is 6.68. The van der Waals surface area contributed by atoms with Gasteiger partial charge in [0, 0.05) is 28.8 Å². The Morgan fingerprint density at radius 3 is 2.72 bits per heavy atom. The van der Waals surface area contributed by atoms with E-state index in [1.807, 2.05) is 30.5 Å². The van der Waals surface area contributed by atoms with Gasteiger partial charge in [-0.25, -0.2) is 4.98 Å². The van der Waals surface area contributed by atoms with Gasteiger partial charge < -0.3 is 5.32 Å². The Labute approximate surface area is 152 Å². The van der Waals surface area contributed by atoms with Crippen LogP contribution in [0.25, 0.3) is 11.3 Å². The minimum Gasteiger partial charge on any atom is -0.322 e. The van der Waals surface area contributed by atoms with Crippen molar-refractivity contribution < 1.29 is 9.72 Å². The molecule has 1 amide bonds. The van der Waals surface area contributed by atoms with Gasteiger partial charge in [-0.15, -0.1) is 11.3 Å². The van der Waals surface area contributed by atoms with Crippen LogP contribution in [0.1, 0.15) is 15.4 Å². The molecule has 25 heavy (non-hydrogen) atoms. The molecule has 6 nitrogen and oxygen atoms in total. The summed E-state index contributed by atoms with van der Waals surface area (Å²) < 4.78 is 0. The van der Waals surface area contributed by atoms with Crippen LogP contribution in [0.2, 0.25) is 5.02 Å². The van der Waals surface area contributed by atoms with Gasteiger partial charge in [0.2, 0.25) is 0 Å². The maximum absolute atomic E-state index is 12.4. The maximum atomic E-state index is 12.4. The predicted molar refractivity (Wildman–Crippen MR) is 98.3 cm³/mol. The first-order valence-electron chi connectivity index (χ1n) is 7.22. The molecular weight excluding hydrogens is 362 g/mol. The number of hydrogen-bond donors (Lipinski definition) is 1. The van der Waals surface area contributed by atoms with Crippen LogP contribution in [0.5, 0.6) is 0 Å². The Morgan fingerprint density at radius 1 is 1.28 bits per heavy atom. The highest BCUT2D eigenvalue weighted by molar-refractivity contribution is 7.09. The molecule has 0 spiro atoms. The third-order valence-corrected chi connectivity index (χ3v) is 4.53. The van der Waals surface area contributed by atoms with Gasteiger partial charge in [-0.2, -0.15) is 0 Å². The number of amides is 1. The highest BCUT2D eigenvalue weighted by Crippen LogP contribution is 2.26. The number of nitro groups is 1. The van der Waals surface area contributed by atoms with E-state index in [4.69, 9.17) is 11.6 Å². The van der Waals surface area contributed by atoms with Crippen LogP contribution in [0.3, 0.4) is 0 Å². The predicted octanol–water partition coefficient (Wildman–Crippen LogP) is 4.93. The lowest BCUT2D eigenvalue weighted by molar-refractivity contribution is -0.384. The van der Waals surface area contributed by atoms with E-state index in [1.165, 1.54) is 12.1 Å². The number of nitrogens with one attached hydrogen (secondary N) is 1. The summed E-state index contributed by atoms with van der Waals surface area (Å²) in [6.07, 6.45) is 0. The van der Waals surface area contributed by atoms with Crippen molar-refractivity contribution in [2.45, 2.75) is 6.92 Å². The smallest absolute Gasteiger partial charge is 0.270 e. The largest absolute Gasteiger partial charge is 0.322 e. The van der Waals surface area contributed by atoms with Gasteiger partial charge in [-0.05, 0) is 25.1 Å². The molecule has 0 bridgehead atoms. The molecule has 3 rings (SSSR count). The molecule has 2 aromatic carbocycles. The fourth-order valence-corrected chi connectivity index (χ4v) is 3.14. The number of nitrogens with zero attached hydrogens (tertiary/aromatic N) is 2. The topological polar surface area (TPSA) is 85.1 Å². The van der Waals surface area contributed by atoms with Gasteiger partial charge in [0.15, 0.2) is 0 Å². The number of halogens is 1. The van der Waals surface area contributed by atoms with E-state index in [2.05, 4.69) is 10.3 Å². The zero-order chi connectivity index (χ0) is 18.0. The van der Waals surface area contributed by atoms with Gasteiger partial charge in [0.1, 0.15) is 0 Å². The summed E-state index contributed by atoms with van der Waals surface area (Å²) in [5, 5.41) is 16.4. The highest BCUT2D eigenvalue weighted by atomic mass is 35.5. The van der Waals surface area contributed by atoms with Gasteiger partial charge in [-0.3, -0.25) is 14.9 Å². The van der Waals surface area contributed by atoms with E-state index >= 15 is 0 Å². The van der Waals surface area contributed by atoms with E-state index in [-0.39, 0.29) is 16.3 Å². The molecular formula is C17H12ClN3O3S. The Kier molecular flexibility index (Phi) is 4.78. The SMILES string of the molecule is Cc1nc(-c2cccc(NC(=O)c3ccc([N+](=O)[O-])cc3Cl)c2)cs1. The van der Waals surface area contributed by atoms with Crippen molar-refractivity contribution in [3.8, 4) is 11.3 Å². The number of nitro benzene ring substituents is 1. The number of aromatic nitrogens is 1. The van der Waals surface area contributed by atoms with Gasteiger partial charge in [-0.1, -0.05) is 23.7 Å². The minimum absolute atomic E-state index is 0.0259. The average Bonchev–Trinajstić information content (AvgIpc) is 3.01. The third-order valence-electron chi connectivity index (χ3n) is 3.44. The lowest BCUT2D eigenvalue weighted by Gasteiger charge is -2.08. The molecule has 0 unspecified atom stereocenters. The highest BCUT2D eigenvalue weighted by Gasteiger charge is 2.15. The van der Waals surface area contributed by atoms with E-state index in [9.17, 15) is 14.9 Å². The minimum atomic E-state index is -0.563. The first-order valence-corrected chi connectivity index (χ1v) is 8.47. The number of carbonyl (C=O) groups is 1. The summed E-state index contributed by atoms with van der Waals surface area (Å²) in [5.74, 6) is -0.438. The lowest BCUT2D eigenvalue weighted by Crippen LogP contribution is -2.12. The molecule has 0 fully saturated rings. The molecule has 1 N–H and O–H groups in total. The number of hydrogen-bond acceptors (Lipinski definition) is 5. The molecule has 0 aliphatic rings. The van der Waals surface area contributed by atoms with Crippen LogP contribution >= 0.6 is 22.9 Å². The van der Waals surface area contributed by atoms with Gasteiger partial charge in [0.25, 0.3) is 11.6 Å². The monoisotopic (exact) mass is 373 g/mol. The molecule has 1 aromatic heterocycles. The normalized spacial score (nSPS) is 10.5. The molecule has 0 saturated heterocycles. The Morgan fingerprint density at radius 2 is 2.08 bits per heavy atom. The van der Waals surface area contributed by atoms with Crippen molar-refractivity contribution in [1.82, 2.24) is 4.98 Å². The number of thiazole rings is 1. The molecule has 0 saturated carbocycles. The van der Waals surface area contributed by atoms with Crippen molar-refractivity contribution in [3.63, 3.8) is 0 Å². The summed E-state index contributed by atoms with van der Waals surface area (Å²) in [6.45, 7) is 1.93. The Hall–Kier alpha value is -2.77. The van der Waals surface area contributed by atoms with E-state index in [0.29, 0.717) is 5.69 Å². The van der Waals surface area contributed by atoms with Crippen molar-refractivity contribution in [1.29, 1.82) is 0 Å². The van der Waals surface area contributed by atoms with Crippen LogP contribution in [0.4, 0.5) is 11.4 Å². The lowest BCUT2D eigenvalue weighted by atomic mass is 10.1. The summed E-state index contributed by atoms with van der Waals surface area (Å²) >= 11 is 7.54. The fraction of sp³-hybridized carbons (Fsp3) is 0.0588. The standard InChI is InChI=1S/C17H12ClN3O3S/c1-10-19-16(9-25-10)11-3-2-4-12(7-11)20-17(22)14-6-5-13(21(23)24)8-15(14)18/h2-9H,1H3,(H,20,22). The van der Waals surface area contributed by atoms with Crippen molar-refractivity contribution in [2.75, 3.05) is 5.32 Å². The first-order chi connectivity index (χ1) is 11.9. The summed E-state index contributed by atoms with van der Waals surface area (Å²) in [7, 11) is 0. The summed E-state index contributed by atoms with van der Waals surface area (Å²) in [6, 6.07) is 11.0. The molecule has 1 heterocycles. The van der Waals surface area contributed by atoms with Crippen LogP contribution in [-0.4, -0.2) is 15.8 Å². The molecule has 0 radical (unpaired) electrons. The molecule has 126 valence electrons. The number of benzene rings is 2. The molecule has 0 atom stereocenters. The van der Waals surface area contributed by atoms with Crippen LogP contribution in [-0.2, 0) is 0 Å². The van der Waals surface area contributed by atoms with Gasteiger partial charge >= 0.3 is 0 Å². The van der Waals surface area contributed by atoms with E-state index in [1.54, 1.807) is 17.4 Å². The number of non-ortho nitro benzene ring substituents is 1. The van der Waals surface area contributed by atoms with Crippen molar-refractivity contribution in [3.05, 3.63) is 73.6 Å². The van der Waals surface area contributed by atoms with E-state index in [0.717, 1.165) is 22.3 Å². The maximum Gasteiger partial charge on any atom is 0.270 e. The zero-order valence-corrected chi connectivity index (χ0v) is 14.6. The van der Waals surface area contributed by atoms with Crippen molar-refractivity contribution >= 4 is 40.2 Å². The summed E-state index contributed by atoms with van der Waals surface area (Å²) in [5.41, 5.74) is 2.32. The third kappa shape index (κ3) is 3.84. The quantitative estimate of drug-likeness (QED) is 0.518. The molecule has 3 aromatic rings. The van der Waals surface area contributed by atoms with Gasteiger partial charge in [0.05, 0.1) is 26.2 Å². The number of anilines is 1. The zero-order valence-electron chi connectivity index (χ0n) is 13.0. The van der Waals surface area contributed by atoms with Crippen LogP contribution < -0.4 is 5.32 Å². The molecule has 0 aliphatic heterocycles. The number of aryl methyl sites for hydroxylation is 1. The Bertz CT molecular complexity index is 971. The molecule has 8 heteroatoms. The summed E-state index contributed by atoms with van der Waals surface area (Å²) in [4.78, 5) is 27.0. The Balaban J connectivity index is 1.83. The van der Waals surface area contributed by atoms with Crippen molar-refractivity contribution in [2.24, 2.45) is 0 Å². The second-order valence-electron chi connectivity index (χ2n) is 5.21. The number of rotatable bonds is 4.